The van der Waals surface area contributed by atoms with Gasteiger partial charge in [-0.25, -0.2) is 9.97 Å². The van der Waals surface area contributed by atoms with E-state index in [9.17, 15) is 0 Å². The van der Waals surface area contributed by atoms with Crippen molar-refractivity contribution >= 4 is 17.4 Å². The highest BCUT2D eigenvalue weighted by Crippen LogP contribution is 2.18. The molecule has 4 heteroatoms. The molecule has 0 aliphatic heterocycles. The van der Waals surface area contributed by atoms with Gasteiger partial charge in [-0.1, -0.05) is 17.2 Å². The fraction of sp³-hybridized carbons (Fsp3) is 0.455. The van der Waals surface area contributed by atoms with Crippen molar-refractivity contribution in [3.8, 4) is 0 Å². The normalized spacial score (nSPS) is 10.1. The van der Waals surface area contributed by atoms with Crippen LogP contribution in [0.5, 0.6) is 0 Å². The number of aromatic nitrogens is 2. The summed E-state index contributed by atoms with van der Waals surface area (Å²) in [5, 5.41) is 3.58. The molecule has 15 heavy (non-hydrogen) atoms. The van der Waals surface area contributed by atoms with Gasteiger partial charge in [0.15, 0.2) is 11.0 Å². The van der Waals surface area contributed by atoms with Crippen molar-refractivity contribution in [2.24, 2.45) is 0 Å². The number of nitrogens with zero attached hydrogens (tertiary/aromatic N) is 2. The fourth-order valence-corrected chi connectivity index (χ4v) is 1.32. The van der Waals surface area contributed by atoms with Gasteiger partial charge in [0, 0.05) is 6.54 Å². The molecule has 0 saturated heterocycles. The monoisotopic (exact) mass is 225 g/mol. The molecule has 0 fully saturated rings. The molecule has 0 aliphatic carbocycles. The first-order valence-electron chi connectivity index (χ1n) is 4.89. The smallest absolute Gasteiger partial charge is 0.171 e. The van der Waals surface area contributed by atoms with Crippen molar-refractivity contribution < 1.29 is 0 Å². The van der Waals surface area contributed by atoms with Gasteiger partial charge in [0.2, 0.25) is 0 Å². The fourth-order valence-electron chi connectivity index (χ4n) is 1.08. The van der Waals surface area contributed by atoms with Crippen LogP contribution in [0.3, 0.4) is 0 Å². The zero-order valence-corrected chi connectivity index (χ0v) is 10.1. The topological polar surface area (TPSA) is 37.8 Å². The van der Waals surface area contributed by atoms with Gasteiger partial charge >= 0.3 is 0 Å². The van der Waals surface area contributed by atoms with Crippen molar-refractivity contribution in [3.63, 3.8) is 0 Å². The second-order valence-electron chi connectivity index (χ2n) is 3.67. The van der Waals surface area contributed by atoms with Crippen LogP contribution in [0, 0.1) is 13.8 Å². The van der Waals surface area contributed by atoms with Crippen molar-refractivity contribution in [3.05, 3.63) is 28.7 Å². The quantitative estimate of drug-likeness (QED) is 0.801. The molecule has 0 aromatic carbocycles. The molecule has 1 rings (SSSR count). The maximum atomic E-state index is 5.96. The predicted molar refractivity (Wildman–Crippen MR) is 64.4 cm³/mol. The highest BCUT2D eigenvalue weighted by atomic mass is 35.5. The number of hydrogen-bond acceptors (Lipinski definition) is 3. The first-order chi connectivity index (χ1) is 7.00. The Kier molecular flexibility index (Phi) is 4.09. The lowest BCUT2D eigenvalue weighted by atomic mass is 10.2. The van der Waals surface area contributed by atoms with Crippen LogP contribution in [0.25, 0.3) is 0 Å². The third-order valence-electron chi connectivity index (χ3n) is 2.11. The van der Waals surface area contributed by atoms with Crippen molar-refractivity contribution in [2.75, 3.05) is 11.9 Å². The highest BCUT2D eigenvalue weighted by Gasteiger charge is 2.05. The van der Waals surface area contributed by atoms with Gasteiger partial charge in [0.1, 0.15) is 0 Å². The average molecular weight is 226 g/mol. The number of halogens is 1. The maximum Gasteiger partial charge on any atom is 0.171 e. The molecule has 1 aromatic heterocycles. The van der Waals surface area contributed by atoms with Crippen LogP contribution in [0.15, 0.2) is 12.2 Å². The van der Waals surface area contributed by atoms with Crippen LogP contribution >= 0.6 is 11.6 Å². The summed E-state index contributed by atoms with van der Waals surface area (Å²) in [4.78, 5) is 8.52. The second kappa shape index (κ2) is 5.12. The lowest BCUT2D eigenvalue weighted by Gasteiger charge is -2.08. The van der Waals surface area contributed by atoms with E-state index in [0.717, 1.165) is 29.9 Å². The second-order valence-corrected chi connectivity index (χ2v) is 4.03. The molecule has 3 nitrogen and oxygen atoms in total. The van der Waals surface area contributed by atoms with Crippen molar-refractivity contribution in [1.29, 1.82) is 0 Å². The Morgan fingerprint density at radius 3 is 2.53 bits per heavy atom. The Morgan fingerprint density at radius 2 is 1.93 bits per heavy atom. The van der Waals surface area contributed by atoms with E-state index >= 15 is 0 Å². The molecule has 0 aliphatic rings. The molecule has 1 heterocycles. The molecule has 0 amide bonds. The summed E-state index contributed by atoms with van der Waals surface area (Å²) in [6.07, 6.45) is 0.908. The molecule has 0 unspecified atom stereocenters. The largest absolute Gasteiger partial charge is 0.367 e. The minimum Gasteiger partial charge on any atom is -0.367 e. The molecule has 1 N–H and O–H groups in total. The van der Waals surface area contributed by atoms with E-state index in [1.165, 1.54) is 0 Å². The van der Waals surface area contributed by atoms with Crippen LogP contribution in [0.4, 0.5) is 5.82 Å². The molecule has 0 bridgehead atoms. The Labute approximate surface area is 95.6 Å². The summed E-state index contributed by atoms with van der Waals surface area (Å²) in [5.41, 5.74) is 2.90. The van der Waals surface area contributed by atoms with Gasteiger partial charge in [-0.2, -0.15) is 0 Å². The third-order valence-corrected chi connectivity index (χ3v) is 2.37. The molecule has 82 valence electrons. The molecule has 0 saturated carbocycles. The average Bonchev–Trinajstić information content (AvgIpc) is 2.13. The lowest BCUT2D eigenvalue weighted by molar-refractivity contribution is 0.968. The standard InChI is InChI=1S/C11H16ClN3/c1-7(2)5-6-13-11-10(12)14-8(3)9(4)15-11/h1,5-6H2,2-4H3,(H,13,15). The molecule has 0 spiro atoms. The van der Waals surface area contributed by atoms with E-state index in [2.05, 4.69) is 21.9 Å². The summed E-state index contributed by atoms with van der Waals surface area (Å²) >= 11 is 5.96. The van der Waals surface area contributed by atoms with Crippen molar-refractivity contribution in [1.82, 2.24) is 9.97 Å². The number of anilines is 1. The molecule has 1 aromatic rings. The van der Waals surface area contributed by atoms with Gasteiger partial charge in [-0.15, -0.1) is 6.58 Å². The van der Waals surface area contributed by atoms with Crippen LogP contribution in [0.1, 0.15) is 24.7 Å². The summed E-state index contributed by atoms with van der Waals surface area (Å²) in [7, 11) is 0. The molecule has 0 radical (unpaired) electrons. The van der Waals surface area contributed by atoms with E-state index < -0.39 is 0 Å². The van der Waals surface area contributed by atoms with Gasteiger partial charge in [-0.3, -0.25) is 0 Å². The number of aryl methyl sites for hydroxylation is 2. The van der Waals surface area contributed by atoms with E-state index in [-0.39, 0.29) is 0 Å². The number of hydrogen-bond donors (Lipinski definition) is 1. The Balaban J connectivity index is 2.69. The summed E-state index contributed by atoms with van der Waals surface area (Å²) in [5.74, 6) is 0.654. The number of rotatable bonds is 4. The summed E-state index contributed by atoms with van der Waals surface area (Å²) in [6.45, 7) is 10.4. The van der Waals surface area contributed by atoms with E-state index in [4.69, 9.17) is 11.6 Å². The Hall–Kier alpha value is -1.09. The van der Waals surface area contributed by atoms with Gasteiger partial charge < -0.3 is 5.32 Å². The van der Waals surface area contributed by atoms with E-state index in [1.807, 2.05) is 20.8 Å². The predicted octanol–water partition coefficient (Wildman–Crippen LogP) is 3.12. The zero-order chi connectivity index (χ0) is 11.4. The molecular weight excluding hydrogens is 210 g/mol. The van der Waals surface area contributed by atoms with Crippen LogP contribution in [-0.2, 0) is 0 Å². The maximum absolute atomic E-state index is 5.96. The molecule has 0 atom stereocenters. The highest BCUT2D eigenvalue weighted by molar-refractivity contribution is 6.31. The van der Waals surface area contributed by atoms with Crippen LogP contribution < -0.4 is 5.32 Å². The van der Waals surface area contributed by atoms with E-state index in [1.54, 1.807) is 0 Å². The Morgan fingerprint density at radius 1 is 1.33 bits per heavy atom. The van der Waals surface area contributed by atoms with E-state index in [0.29, 0.717) is 11.0 Å². The molecular formula is C11H16ClN3. The zero-order valence-electron chi connectivity index (χ0n) is 9.39. The van der Waals surface area contributed by atoms with Crippen LogP contribution in [0.2, 0.25) is 5.15 Å². The third kappa shape index (κ3) is 3.51. The van der Waals surface area contributed by atoms with Gasteiger partial charge in [0.25, 0.3) is 0 Å². The first-order valence-corrected chi connectivity index (χ1v) is 5.27. The minimum absolute atomic E-state index is 0.430. The van der Waals surface area contributed by atoms with Gasteiger partial charge in [-0.05, 0) is 27.2 Å². The summed E-state index contributed by atoms with van der Waals surface area (Å²) < 4.78 is 0. The van der Waals surface area contributed by atoms with Crippen molar-refractivity contribution in [2.45, 2.75) is 27.2 Å². The number of nitrogens with one attached hydrogen (secondary N) is 1. The Bertz CT molecular complexity index is 374. The lowest BCUT2D eigenvalue weighted by Crippen LogP contribution is -2.07. The van der Waals surface area contributed by atoms with Crippen LogP contribution in [-0.4, -0.2) is 16.5 Å². The van der Waals surface area contributed by atoms with Gasteiger partial charge in [0.05, 0.1) is 11.4 Å². The minimum atomic E-state index is 0.430. The first kappa shape index (κ1) is 12.0. The SMILES string of the molecule is C=C(C)CCNc1nc(C)c(C)nc1Cl. The summed E-state index contributed by atoms with van der Waals surface area (Å²) in [6, 6.07) is 0.